The van der Waals surface area contributed by atoms with Crippen LogP contribution in [0.2, 0.25) is 10.0 Å². The van der Waals surface area contributed by atoms with Gasteiger partial charge in [0.05, 0.1) is 31.4 Å². The lowest BCUT2D eigenvalue weighted by Gasteiger charge is -2.41. The van der Waals surface area contributed by atoms with E-state index < -0.39 is 41.3 Å². The van der Waals surface area contributed by atoms with E-state index in [0.717, 1.165) is 28.3 Å². The van der Waals surface area contributed by atoms with Crippen molar-refractivity contribution < 1.29 is 32.3 Å². The molecule has 0 aliphatic carbocycles. The quantitative estimate of drug-likeness (QED) is 0.228. The first-order chi connectivity index (χ1) is 22.9. The fourth-order valence-corrected chi connectivity index (χ4v) is 6.54. The van der Waals surface area contributed by atoms with Crippen molar-refractivity contribution >= 4 is 35.0 Å². The summed E-state index contributed by atoms with van der Waals surface area (Å²) in [4.78, 5) is 35.3. The van der Waals surface area contributed by atoms with E-state index >= 15 is 4.79 Å². The maximum absolute atomic E-state index is 15.4. The Bertz CT molecular complexity index is 1530. The lowest BCUT2D eigenvalue weighted by Crippen LogP contribution is -2.63. The van der Waals surface area contributed by atoms with Gasteiger partial charge in [0, 0.05) is 28.7 Å². The molecule has 2 amide bonds. The number of ether oxygens (including phenoxy) is 1. The number of piperidine rings is 1. The van der Waals surface area contributed by atoms with Gasteiger partial charge in [0.2, 0.25) is 0 Å². The van der Waals surface area contributed by atoms with Crippen LogP contribution < -0.4 is 20.7 Å². The number of hydrogen-bond acceptors (Lipinski definition) is 7. The summed E-state index contributed by atoms with van der Waals surface area (Å²) in [5, 5.41) is 12.3. The number of rotatable bonds is 10. The first-order valence-corrected chi connectivity index (χ1v) is 16.4. The first-order valence-electron chi connectivity index (χ1n) is 15.6. The Balaban J connectivity index is 1.74. The normalized spacial score (nSPS) is 21.6. The van der Waals surface area contributed by atoms with Gasteiger partial charge in [-0.2, -0.15) is 13.2 Å². The zero-order valence-electron chi connectivity index (χ0n) is 26.7. The molecule has 9 nitrogen and oxygen atoms in total. The molecule has 258 valence electrons. The number of hydroxylamine groups is 2. The van der Waals surface area contributed by atoms with Gasteiger partial charge in [-0.3, -0.25) is 25.1 Å². The Labute approximate surface area is 287 Å². The van der Waals surface area contributed by atoms with Gasteiger partial charge in [0.25, 0.3) is 11.8 Å². The summed E-state index contributed by atoms with van der Waals surface area (Å²) in [7, 11) is 2.80. The van der Waals surface area contributed by atoms with E-state index in [1.807, 2.05) is 24.3 Å². The molecule has 0 bridgehead atoms. The summed E-state index contributed by atoms with van der Waals surface area (Å²) in [6, 6.07) is 15.7. The van der Waals surface area contributed by atoms with Crippen molar-refractivity contribution in [3.8, 4) is 5.75 Å². The van der Waals surface area contributed by atoms with Crippen LogP contribution in [-0.4, -0.2) is 68.2 Å². The predicted octanol–water partition coefficient (Wildman–Crippen LogP) is 5.84. The van der Waals surface area contributed by atoms with Crippen LogP contribution in [0.4, 0.5) is 13.2 Å². The van der Waals surface area contributed by atoms with Gasteiger partial charge >= 0.3 is 6.18 Å². The fourth-order valence-electron chi connectivity index (χ4n) is 6.29. The Morgan fingerprint density at radius 3 is 1.94 bits per heavy atom. The molecular weight excluding hydrogens is 670 g/mol. The summed E-state index contributed by atoms with van der Waals surface area (Å²) in [5.41, 5.74) is -1.12. The predicted molar refractivity (Wildman–Crippen MR) is 176 cm³/mol. The Morgan fingerprint density at radius 1 is 0.917 bits per heavy atom. The van der Waals surface area contributed by atoms with Gasteiger partial charge in [0.15, 0.2) is 5.66 Å². The molecule has 14 heteroatoms. The monoisotopic (exact) mass is 707 g/mol. The van der Waals surface area contributed by atoms with Crippen LogP contribution in [-0.2, 0) is 26.3 Å². The number of carbonyl (C=O) groups is 2. The molecule has 0 aromatic heterocycles. The van der Waals surface area contributed by atoms with Gasteiger partial charge in [-0.25, -0.2) is 5.06 Å². The molecule has 48 heavy (non-hydrogen) atoms. The highest BCUT2D eigenvalue weighted by Gasteiger charge is 2.55. The van der Waals surface area contributed by atoms with Gasteiger partial charge in [-0.1, -0.05) is 53.5 Å². The average molecular weight is 709 g/mol. The van der Waals surface area contributed by atoms with Gasteiger partial charge in [0.1, 0.15) is 12.3 Å². The van der Waals surface area contributed by atoms with Crippen LogP contribution in [0.3, 0.4) is 0 Å². The van der Waals surface area contributed by atoms with Gasteiger partial charge in [-0.05, 0) is 80.4 Å². The molecule has 2 atom stereocenters. The van der Waals surface area contributed by atoms with Crippen molar-refractivity contribution in [2.75, 3.05) is 40.4 Å². The molecule has 0 saturated carbocycles. The largest absolute Gasteiger partial charge is 0.493 e. The van der Waals surface area contributed by atoms with E-state index in [-0.39, 0.29) is 30.5 Å². The highest BCUT2D eigenvalue weighted by Crippen LogP contribution is 2.46. The zero-order valence-corrected chi connectivity index (χ0v) is 28.3. The Morgan fingerprint density at radius 2 is 1.46 bits per heavy atom. The number of nitrogens with one attached hydrogen (secondary N) is 3. The molecule has 2 heterocycles. The van der Waals surface area contributed by atoms with Crippen molar-refractivity contribution in [2.45, 2.75) is 49.7 Å². The molecule has 2 aliphatic heterocycles. The SMILES string of the molecule is CCOc1cc(C(F)(F)F)ccc1C1(C(=O)N(CC(=O)N(C)OC)C2CCNCC2)NC(c2ccc(Cl)cc2)C(c2ccc(Cl)cc2)N1. The molecule has 0 radical (unpaired) electrons. The number of halogens is 5. The molecule has 2 aliphatic rings. The minimum absolute atomic E-state index is 0.0366. The number of alkyl halides is 3. The molecule has 2 unspecified atom stereocenters. The highest BCUT2D eigenvalue weighted by atomic mass is 35.5. The molecule has 0 spiro atoms. The number of carbonyl (C=O) groups excluding carboxylic acids is 2. The van der Waals surface area contributed by atoms with Crippen molar-refractivity contribution in [1.29, 1.82) is 0 Å². The Kier molecular flexibility index (Phi) is 11.2. The summed E-state index contributed by atoms with van der Waals surface area (Å²) < 4.78 is 47.8. The lowest BCUT2D eigenvalue weighted by molar-refractivity contribution is -0.173. The van der Waals surface area contributed by atoms with E-state index in [0.29, 0.717) is 36.0 Å². The second-order valence-corrected chi connectivity index (χ2v) is 12.6. The fraction of sp³-hybridized carbons (Fsp3) is 0.412. The molecular formula is C34H38Cl2F3N5O4. The molecule has 3 N–H and O–H groups in total. The summed E-state index contributed by atoms with van der Waals surface area (Å²) in [6.45, 7) is 2.58. The zero-order chi connectivity index (χ0) is 34.6. The van der Waals surface area contributed by atoms with E-state index in [9.17, 15) is 18.0 Å². The standard InChI is InChI=1S/C34H38Cl2F3N5O4/c1-4-48-28-19-23(34(37,38)39)9-14-27(28)33(32(46)44(20-29(45)43(2)47-3)26-15-17-40-18-16-26)41-30(21-5-10-24(35)11-6-21)31(42-33)22-7-12-25(36)13-8-22/h5-14,19,26,30-31,40-42H,4,15-18,20H2,1-3H3. The minimum Gasteiger partial charge on any atom is -0.493 e. The van der Waals surface area contributed by atoms with E-state index in [4.69, 9.17) is 32.8 Å². The number of nitrogens with zero attached hydrogens (tertiary/aromatic N) is 2. The minimum atomic E-state index is -4.66. The maximum Gasteiger partial charge on any atom is 0.416 e. The number of hydrogen-bond donors (Lipinski definition) is 3. The lowest BCUT2D eigenvalue weighted by atomic mass is 9.93. The van der Waals surface area contributed by atoms with Crippen molar-refractivity contribution in [2.24, 2.45) is 0 Å². The third-order valence-corrected chi connectivity index (χ3v) is 9.31. The van der Waals surface area contributed by atoms with Crippen LogP contribution in [0, 0.1) is 0 Å². The summed E-state index contributed by atoms with van der Waals surface area (Å²) >= 11 is 12.5. The molecule has 5 rings (SSSR count). The van der Waals surface area contributed by atoms with E-state index in [2.05, 4.69) is 16.0 Å². The van der Waals surface area contributed by atoms with Gasteiger partial charge < -0.3 is 15.0 Å². The van der Waals surface area contributed by atoms with Crippen molar-refractivity contribution in [3.05, 3.63) is 99.0 Å². The van der Waals surface area contributed by atoms with E-state index in [1.54, 1.807) is 31.2 Å². The first kappa shape index (κ1) is 35.9. The number of benzene rings is 3. The van der Waals surface area contributed by atoms with E-state index in [1.165, 1.54) is 25.1 Å². The Hall–Kier alpha value is -3.39. The molecule has 2 saturated heterocycles. The molecule has 3 aromatic carbocycles. The highest BCUT2D eigenvalue weighted by molar-refractivity contribution is 6.30. The molecule has 2 fully saturated rings. The van der Waals surface area contributed by atoms with Crippen LogP contribution in [0.5, 0.6) is 5.75 Å². The second kappa shape index (κ2) is 15.0. The maximum atomic E-state index is 15.4. The van der Waals surface area contributed by atoms with Crippen molar-refractivity contribution in [3.63, 3.8) is 0 Å². The van der Waals surface area contributed by atoms with Crippen LogP contribution in [0.15, 0.2) is 66.7 Å². The summed E-state index contributed by atoms with van der Waals surface area (Å²) in [6.07, 6.45) is -3.55. The number of amides is 2. The smallest absolute Gasteiger partial charge is 0.416 e. The van der Waals surface area contributed by atoms with Gasteiger partial charge in [-0.15, -0.1) is 0 Å². The van der Waals surface area contributed by atoms with Crippen LogP contribution in [0.25, 0.3) is 0 Å². The summed E-state index contributed by atoms with van der Waals surface area (Å²) in [5.74, 6) is -1.15. The third-order valence-electron chi connectivity index (χ3n) is 8.81. The van der Waals surface area contributed by atoms with Crippen LogP contribution >= 0.6 is 23.2 Å². The average Bonchev–Trinajstić information content (AvgIpc) is 3.49. The second-order valence-electron chi connectivity index (χ2n) is 11.7. The van der Waals surface area contributed by atoms with Crippen molar-refractivity contribution in [1.82, 2.24) is 25.9 Å². The topological polar surface area (TPSA) is 95.2 Å². The van der Waals surface area contributed by atoms with Crippen LogP contribution in [0.1, 0.15) is 54.1 Å². The molecule has 3 aromatic rings. The number of likely N-dealkylation sites (N-methyl/N-ethyl adjacent to an activating group) is 1. The third kappa shape index (κ3) is 7.59.